The van der Waals surface area contributed by atoms with Gasteiger partial charge in [-0.2, -0.15) is 0 Å². The Kier molecular flexibility index (Phi) is 3.89. The maximum atomic E-state index is 14.8. The van der Waals surface area contributed by atoms with Crippen LogP contribution in [-0.4, -0.2) is 40.5 Å². The Balaban J connectivity index is 1.90. The fraction of sp³-hybridized carbons (Fsp3) is 0.167. The zero-order chi connectivity index (χ0) is 20.2. The SMILES string of the molecule is O=C1CN(C2(c3ccccc3)c3ccccc3-c3ccccc32)[C@H](C(=O)O)[C@@H]1F. The Bertz CT molecular complexity index is 1080. The van der Waals surface area contributed by atoms with E-state index in [1.165, 1.54) is 4.90 Å². The van der Waals surface area contributed by atoms with Gasteiger partial charge in [-0.05, 0) is 27.8 Å². The number of alkyl halides is 1. The second-order valence-corrected chi connectivity index (χ2v) is 7.45. The van der Waals surface area contributed by atoms with E-state index in [-0.39, 0.29) is 6.54 Å². The molecule has 0 saturated carbocycles. The minimum Gasteiger partial charge on any atom is -0.480 e. The minimum absolute atomic E-state index is 0.268. The molecule has 144 valence electrons. The van der Waals surface area contributed by atoms with Gasteiger partial charge in [0.25, 0.3) is 0 Å². The van der Waals surface area contributed by atoms with E-state index in [9.17, 15) is 19.1 Å². The summed E-state index contributed by atoms with van der Waals surface area (Å²) < 4.78 is 14.8. The number of fused-ring (bicyclic) bond motifs is 3. The van der Waals surface area contributed by atoms with E-state index in [0.29, 0.717) is 0 Å². The summed E-state index contributed by atoms with van der Waals surface area (Å²) in [5.74, 6) is -2.03. The van der Waals surface area contributed by atoms with Gasteiger partial charge in [0.15, 0.2) is 12.0 Å². The number of carboxylic acids is 1. The molecule has 3 aromatic rings. The van der Waals surface area contributed by atoms with E-state index in [1.54, 1.807) is 0 Å². The quantitative estimate of drug-likeness (QED) is 0.746. The minimum atomic E-state index is -2.06. The monoisotopic (exact) mass is 387 g/mol. The third-order valence-electron chi connectivity index (χ3n) is 6.05. The molecule has 0 bridgehead atoms. The molecule has 1 N–H and O–H groups in total. The van der Waals surface area contributed by atoms with Gasteiger partial charge in [-0.25, -0.2) is 4.39 Å². The molecule has 0 spiro atoms. The number of hydrogen-bond donors (Lipinski definition) is 1. The maximum absolute atomic E-state index is 14.8. The van der Waals surface area contributed by atoms with Gasteiger partial charge in [0, 0.05) is 0 Å². The lowest BCUT2D eigenvalue weighted by atomic mass is 9.78. The Hall–Kier alpha value is -3.31. The summed E-state index contributed by atoms with van der Waals surface area (Å²) in [6.07, 6.45) is -2.06. The van der Waals surface area contributed by atoms with Crippen molar-refractivity contribution in [3.63, 3.8) is 0 Å². The molecule has 2 atom stereocenters. The van der Waals surface area contributed by atoms with Gasteiger partial charge < -0.3 is 5.11 Å². The van der Waals surface area contributed by atoms with Crippen LogP contribution in [-0.2, 0) is 15.1 Å². The molecule has 5 rings (SSSR count). The summed E-state index contributed by atoms with van der Waals surface area (Å²) in [5, 5.41) is 9.86. The van der Waals surface area contributed by atoms with Crippen molar-refractivity contribution in [2.45, 2.75) is 17.8 Å². The van der Waals surface area contributed by atoms with Crippen LogP contribution in [0.1, 0.15) is 16.7 Å². The molecule has 0 radical (unpaired) electrons. The first-order valence-electron chi connectivity index (χ1n) is 9.48. The zero-order valence-corrected chi connectivity index (χ0v) is 15.5. The lowest BCUT2D eigenvalue weighted by molar-refractivity contribution is -0.146. The summed E-state index contributed by atoms with van der Waals surface area (Å²) in [7, 11) is 0. The van der Waals surface area contributed by atoms with Gasteiger partial charge in [-0.3, -0.25) is 14.5 Å². The highest BCUT2D eigenvalue weighted by molar-refractivity contribution is 5.96. The van der Waals surface area contributed by atoms with Crippen LogP contribution in [0.2, 0.25) is 0 Å². The Morgan fingerprint density at radius 3 is 1.97 bits per heavy atom. The van der Waals surface area contributed by atoms with E-state index >= 15 is 0 Å². The highest BCUT2D eigenvalue weighted by Gasteiger charge is 2.58. The van der Waals surface area contributed by atoms with Gasteiger partial charge in [0.05, 0.1) is 12.1 Å². The van der Waals surface area contributed by atoms with Crippen LogP contribution < -0.4 is 0 Å². The zero-order valence-electron chi connectivity index (χ0n) is 15.5. The molecule has 1 aliphatic heterocycles. The van der Waals surface area contributed by atoms with Crippen molar-refractivity contribution in [3.05, 3.63) is 95.6 Å². The van der Waals surface area contributed by atoms with Gasteiger partial charge in [0.1, 0.15) is 6.04 Å². The topological polar surface area (TPSA) is 57.6 Å². The number of aliphatic carboxylic acids is 1. The van der Waals surface area contributed by atoms with Gasteiger partial charge in [0.2, 0.25) is 0 Å². The molecule has 3 aromatic carbocycles. The predicted octanol–water partition coefficient (Wildman–Crippen LogP) is 3.63. The molecule has 1 saturated heterocycles. The van der Waals surface area contributed by atoms with Crippen molar-refractivity contribution >= 4 is 11.8 Å². The molecule has 29 heavy (non-hydrogen) atoms. The number of hydrogen-bond acceptors (Lipinski definition) is 3. The van der Waals surface area contributed by atoms with Gasteiger partial charge in [-0.15, -0.1) is 0 Å². The number of Topliss-reactive ketones (excluding diaryl/α,β-unsaturated/α-hetero) is 1. The van der Waals surface area contributed by atoms with Crippen molar-refractivity contribution in [3.8, 4) is 11.1 Å². The molecule has 0 unspecified atom stereocenters. The van der Waals surface area contributed by atoms with Crippen LogP contribution >= 0.6 is 0 Å². The molecule has 1 fully saturated rings. The highest BCUT2D eigenvalue weighted by atomic mass is 19.1. The summed E-state index contributed by atoms with van der Waals surface area (Å²) in [6.45, 7) is -0.268. The van der Waals surface area contributed by atoms with E-state index < -0.39 is 29.5 Å². The number of likely N-dealkylation sites (tertiary alicyclic amines) is 1. The van der Waals surface area contributed by atoms with Gasteiger partial charge >= 0.3 is 5.97 Å². The van der Waals surface area contributed by atoms with Gasteiger partial charge in [-0.1, -0.05) is 78.9 Å². The third-order valence-corrected chi connectivity index (χ3v) is 6.05. The average Bonchev–Trinajstić information content (AvgIpc) is 3.21. The average molecular weight is 387 g/mol. The first-order valence-corrected chi connectivity index (χ1v) is 9.48. The number of nitrogens with zero attached hydrogens (tertiary/aromatic N) is 1. The van der Waals surface area contributed by atoms with Crippen molar-refractivity contribution < 1.29 is 19.1 Å². The smallest absolute Gasteiger partial charge is 0.324 e. The lowest BCUT2D eigenvalue weighted by Crippen LogP contribution is -2.53. The van der Waals surface area contributed by atoms with Crippen molar-refractivity contribution in [2.24, 2.45) is 0 Å². The summed E-state index contributed by atoms with van der Waals surface area (Å²) in [6, 6.07) is 23.4. The molecule has 1 aliphatic carbocycles. The van der Waals surface area contributed by atoms with Crippen molar-refractivity contribution in [1.82, 2.24) is 4.90 Å². The first-order chi connectivity index (χ1) is 14.1. The molecule has 2 aliphatic rings. The maximum Gasteiger partial charge on any atom is 0.324 e. The van der Waals surface area contributed by atoms with Crippen LogP contribution in [0.15, 0.2) is 78.9 Å². The predicted molar refractivity (Wildman–Crippen MR) is 106 cm³/mol. The Morgan fingerprint density at radius 1 is 0.897 bits per heavy atom. The molecular formula is C24H18FNO3. The fourth-order valence-corrected chi connectivity index (χ4v) is 4.95. The number of benzene rings is 3. The third kappa shape index (κ3) is 2.28. The Morgan fingerprint density at radius 2 is 1.41 bits per heavy atom. The normalized spacial score (nSPS) is 22.3. The van der Waals surface area contributed by atoms with Crippen LogP contribution in [0.25, 0.3) is 11.1 Å². The number of halogens is 1. The number of carbonyl (C=O) groups excluding carboxylic acids is 1. The van der Waals surface area contributed by atoms with Crippen molar-refractivity contribution in [1.29, 1.82) is 0 Å². The molecule has 1 heterocycles. The van der Waals surface area contributed by atoms with Crippen LogP contribution in [0, 0.1) is 0 Å². The molecule has 0 aromatic heterocycles. The molecule has 0 amide bonds. The standard InChI is InChI=1S/C24H18FNO3/c25-21-20(27)14-26(22(21)23(28)29)24(15-8-2-1-3-9-15)18-12-6-4-10-16(18)17-11-5-7-13-19(17)24/h1-13,21-22H,14H2,(H,28,29)/t21-,22+/m1/s1. The van der Waals surface area contributed by atoms with Crippen LogP contribution in [0.4, 0.5) is 4.39 Å². The second-order valence-electron chi connectivity index (χ2n) is 7.45. The van der Waals surface area contributed by atoms with E-state index in [1.807, 2.05) is 78.9 Å². The van der Waals surface area contributed by atoms with Crippen LogP contribution in [0.5, 0.6) is 0 Å². The molecular weight excluding hydrogens is 369 g/mol. The number of carboxylic acid groups (broad SMARTS) is 1. The Labute approximate surface area is 167 Å². The summed E-state index contributed by atoms with van der Waals surface area (Å²) in [4.78, 5) is 26.0. The van der Waals surface area contributed by atoms with Crippen molar-refractivity contribution in [2.75, 3.05) is 6.54 Å². The second kappa shape index (κ2) is 6.36. The summed E-state index contributed by atoms with van der Waals surface area (Å²) >= 11 is 0. The number of ketones is 1. The van der Waals surface area contributed by atoms with Crippen LogP contribution in [0.3, 0.4) is 0 Å². The lowest BCUT2D eigenvalue weighted by Gasteiger charge is -2.43. The first kappa shape index (κ1) is 17.8. The van der Waals surface area contributed by atoms with E-state index in [0.717, 1.165) is 27.8 Å². The van der Waals surface area contributed by atoms with E-state index in [4.69, 9.17) is 0 Å². The molecule has 5 heteroatoms. The molecule has 4 nitrogen and oxygen atoms in total. The van der Waals surface area contributed by atoms with E-state index in [2.05, 4.69) is 0 Å². The highest BCUT2D eigenvalue weighted by Crippen LogP contribution is 2.55. The largest absolute Gasteiger partial charge is 0.480 e. The summed E-state index contributed by atoms with van der Waals surface area (Å²) in [5.41, 5.74) is 3.40. The fourth-order valence-electron chi connectivity index (χ4n) is 4.95. The number of carbonyl (C=O) groups is 2. The number of rotatable bonds is 3.